The lowest BCUT2D eigenvalue weighted by molar-refractivity contribution is -0.137. The lowest BCUT2D eigenvalue weighted by atomic mass is 10.2. The van der Waals surface area contributed by atoms with E-state index in [4.69, 9.17) is 5.73 Å². The fraction of sp³-hybridized carbons (Fsp3) is 0.200. The Labute approximate surface area is 98.6 Å². The van der Waals surface area contributed by atoms with Gasteiger partial charge in [0, 0.05) is 0 Å². The number of rotatable bonds is 2. The highest BCUT2D eigenvalue weighted by Crippen LogP contribution is 2.32. The molecule has 5 nitrogen and oxygen atoms in total. The maximum Gasteiger partial charge on any atom is 0.442 e. The van der Waals surface area contributed by atoms with E-state index in [1.54, 1.807) is 0 Å². The van der Waals surface area contributed by atoms with Gasteiger partial charge in [-0.15, -0.1) is 5.10 Å². The van der Waals surface area contributed by atoms with Gasteiger partial charge in [-0.25, -0.2) is 4.79 Å². The summed E-state index contributed by atoms with van der Waals surface area (Å²) in [6, 6.07) is 4.58. The number of hydrogen-bond acceptors (Lipinski definition) is 4. The van der Waals surface area contributed by atoms with Crippen molar-refractivity contribution in [3.05, 3.63) is 46.3 Å². The summed E-state index contributed by atoms with van der Waals surface area (Å²) in [5.41, 5.74) is 3.84. The molecule has 0 unspecified atom stereocenters. The monoisotopic (exact) mass is 259 g/mol. The van der Waals surface area contributed by atoms with Crippen LogP contribution in [0.4, 0.5) is 13.2 Å². The minimum absolute atomic E-state index is 0.128. The van der Waals surface area contributed by atoms with Crippen molar-refractivity contribution in [3.63, 3.8) is 0 Å². The summed E-state index contributed by atoms with van der Waals surface area (Å²) in [7, 11) is 0. The fourth-order valence-corrected chi connectivity index (χ4v) is 1.45. The molecule has 96 valence electrons. The largest absolute Gasteiger partial charge is 0.442 e. The van der Waals surface area contributed by atoms with Crippen LogP contribution >= 0.6 is 0 Å². The number of nitrogens with zero attached hydrogens (tertiary/aromatic N) is 2. The van der Waals surface area contributed by atoms with Gasteiger partial charge < -0.3 is 10.2 Å². The molecule has 0 bridgehead atoms. The molecule has 8 heteroatoms. The second kappa shape index (κ2) is 4.30. The van der Waals surface area contributed by atoms with Crippen molar-refractivity contribution in [1.29, 1.82) is 0 Å². The third-order valence-electron chi connectivity index (χ3n) is 2.20. The molecule has 2 aromatic rings. The minimum atomic E-state index is -4.59. The van der Waals surface area contributed by atoms with Crippen molar-refractivity contribution in [2.75, 3.05) is 0 Å². The molecule has 0 aliphatic heterocycles. The van der Waals surface area contributed by atoms with Crippen molar-refractivity contribution in [2.45, 2.75) is 12.7 Å². The number of hydrogen-bond donors (Lipinski definition) is 1. The van der Waals surface area contributed by atoms with Crippen LogP contribution in [-0.2, 0) is 12.7 Å². The first-order chi connectivity index (χ1) is 8.43. The number of benzene rings is 1. The van der Waals surface area contributed by atoms with Crippen LogP contribution in [0.2, 0.25) is 0 Å². The molecule has 2 N–H and O–H groups in total. The first-order valence-corrected chi connectivity index (χ1v) is 4.89. The second-order valence-corrected chi connectivity index (χ2v) is 3.39. The molecule has 18 heavy (non-hydrogen) atoms. The number of aromatic nitrogens is 2. The van der Waals surface area contributed by atoms with Crippen molar-refractivity contribution in [1.82, 2.24) is 9.78 Å². The van der Waals surface area contributed by atoms with Gasteiger partial charge in [0.1, 0.15) is 0 Å². The van der Waals surface area contributed by atoms with Crippen LogP contribution in [0, 0.1) is 0 Å². The molecule has 2 rings (SSSR count). The smallest absolute Gasteiger partial charge is 0.391 e. The van der Waals surface area contributed by atoms with Crippen LogP contribution < -0.4 is 11.5 Å². The quantitative estimate of drug-likeness (QED) is 0.882. The Morgan fingerprint density at radius 2 is 2.00 bits per heavy atom. The molecule has 0 saturated heterocycles. The first-order valence-electron chi connectivity index (χ1n) is 4.89. The average Bonchev–Trinajstić information content (AvgIpc) is 2.69. The summed E-state index contributed by atoms with van der Waals surface area (Å²) in [5.74, 6) is -1.14. The Morgan fingerprint density at radius 1 is 1.33 bits per heavy atom. The molecule has 0 spiro atoms. The lowest BCUT2D eigenvalue weighted by Crippen LogP contribution is -2.18. The fourth-order valence-electron chi connectivity index (χ4n) is 1.45. The predicted octanol–water partition coefficient (Wildman–Crippen LogP) is 1.30. The Balaban J connectivity index is 2.64. The lowest BCUT2D eigenvalue weighted by Gasteiger charge is -2.10. The molecule has 0 radical (unpaired) electrons. The van der Waals surface area contributed by atoms with Gasteiger partial charge in [0.2, 0.25) is 5.89 Å². The normalized spacial score (nSPS) is 11.8. The molecule has 0 atom stereocenters. The number of para-hydroxylation sites is 1. The molecule has 1 aromatic carbocycles. The van der Waals surface area contributed by atoms with Crippen LogP contribution in [0.3, 0.4) is 0 Å². The van der Waals surface area contributed by atoms with Gasteiger partial charge in [0.05, 0.1) is 17.8 Å². The van der Waals surface area contributed by atoms with E-state index in [-0.39, 0.29) is 12.4 Å². The summed E-state index contributed by atoms with van der Waals surface area (Å²) in [5, 5.41) is 3.59. The van der Waals surface area contributed by atoms with Crippen molar-refractivity contribution in [3.8, 4) is 5.69 Å². The van der Waals surface area contributed by atoms with Crippen LogP contribution in [0.25, 0.3) is 5.69 Å². The molecule has 0 aliphatic rings. The van der Waals surface area contributed by atoms with E-state index >= 15 is 0 Å². The highest BCUT2D eigenvalue weighted by molar-refractivity contribution is 5.41. The van der Waals surface area contributed by atoms with E-state index in [2.05, 4.69) is 9.52 Å². The highest BCUT2D eigenvalue weighted by atomic mass is 19.4. The number of alkyl halides is 3. The zero-order valence-electron chi connectivity index (χ0n) is 8.94. The van der Waals surface area contributed by atoms with Crippen LogP contribution in [0.5, 0.6) is 0 Å². The maximum atomic E-state index is 12.8. The Kier molecular flexibility index (Phi) is 2.95. The van der Waals surface area contributed by atoms with Gasteiger partial charge in [-0.05, 0) is 12.1 Å². The van der Waals surface area contributed by atoms with E-state index in [0.29, 0.717) is 4.68 Å². The van der Waals surface area contributed by atoms with Gasteiger partial charge >= 0.3 is 11.9 Å². The zero-order chi connectivity index (χ0) is 13.3. The van der Waals surface area contributed by atoms with E-state index in [0.717, 1.165) is 12.1 Å². The van der Waals surface area contributed by atoms with Crippen molar-refractivity contribution >= 4 is 0 Å². The Morgan fingerprint density at radius 3 is 2.56 bits per heavy atom. The molecule has 1 aromatic heterocycles. The summed E-state index contributed by atoms with van der Waals surface area (Å²) in [6.07, 6.45) is -4.59. The summed E-state index contributed by atoms with van der Waals surface area (Å²) < 4.78 is 43.4. The zero-order valence-corrected chi connectivity index (χ0v) is 8.94. The summed E-state index contributed by atoms with van der Waals surface area (Å²) in [6.45, 7) is -0.170. The Bertz CT molecular complexity index is 615. The number of halogens is 3. The van der Waals surface area contributed by atoms with Gasteiger partial charge in [0.15, 0.2) is 0 Å². The van der Waals surface area contributed by atoms with Gasteiger partial charge in [-0.1, -0.05) is 12.1 Å². The molecular weight excluding hydrogens is 251 g/mol. The molecule has 0 fully saturated rings. The van der Waals surface area contributed by atoms with Crippen molar-refractivity contribution < 1.29 is 17.6 Å². The SMILES string of the molecule is NCc1nn(-c2ccccc2C(F)(F)F)c(=O)o1. The Hall–Kier alpha value is -2.09. The van der Waals surface area contributed by atoms with Crippen molar-refractivity contribution in [2.24, 2.45) is 5.73 Å². The van der Waals surface area contributed by atoms with E-state index in [1.165, 1.54) is 12.1 Å². The molecule has 0 saturated carbocycles. The average molecular weight is 259 g/mol. The minimum Gasteiger partial charge on any atom is -0.391 e. The van der Waals surface area contributed by atoms with E-state index < -0.39 is 23.2 Å². The van der Waals surface area contributed by atoms with E-state index in [9.17, 15) is 18.0 Å². The highest BCUT2D eigenvalue weighted by Gasteiger charge is 2.34. The van der Waals surface area contributed by atoms with Gasteiger partial charge in [0.25, 0.3) is 0 Å². The number of nitrogens with two attached hydrogens (primary N) is 1. The second-order valence-electron chi connectivity index (χ2n) is 3.39. The maximum absolute atomic E-state index is 12.8. The molecular formula is C10H8F3N3O2. The van der Waals surface area contributed by atoms with E-state index in [1.807, 2.05) is 0 Å². The summed E-state index contributed by atoms with van der Waals surface area (Å²) in [4.78, 5) is 11.4. The standard InChI is InChI=1S/C10H8F3N3O2/c11-10(12,13)6-3-1-2-4-7(6)16-9(17)18-8(5-14)15-16/h1-4H,5,14H2. The predicted molar refractivity (Wildman–Crippen MR) is 55.0 cm³/mol. The topological polar surface area (TPSA) is 74.0 Å². The van der Waals surface area contributed by atoms with Crippen LogP contribution in [0.15, 0.2) is 33.5 Å². The van der Waals surface area contributed by atoms with Crippen LogP contribution in [0.1, 0.15) is 11.5 Å². The molecule has 0 amide bonds. The molecule has 1 heterocycles. The summed E-state index contributed by atoms with van der Waals surface area (Å²) >= 11 is 0. The van der Waals surface area contributed by atoms with Crippen LogP contribution in [-0.4, -0.2) is 9.78 Å². The third kappa shape index (κ3) is 2.14. The first kappa shape index (κ1) is 12.4. The van der Waals surface area contributed by atoms with Gasteiger partial charge in [-0.2, -0.15) is 17.9 Å². The third-order valence-corrected chi connectivity index (χ3v) is 2.20. The molecule has 0 aliphatic carbocycles. The van der Waals surface area contributed by atoms with Gasteiger partial charge in [-0.3, -0.25) is 0 Å².